The van der Waals surface area contributed by atoms with E-state index in [-0.39, 0.29) is 22.8 Å². The molecule has 0 amide bonds. The fraction of sp³-hybridized carbons (Fsp3) is 0.200. The number of rotatable bonds is 6. The molecule has 4 nitrogen and oxygen atoms in total. The molecule has 3 aromatic rings. The summed E-state index contributed by atoms with van der Waals surface area (Å²) in [7, 11) is 0. The number of carbonyl (C=O) groups excluding carboxylic acids is 2. The second-order valence-corrected chi connectivity index (χ2v) is 7.32. The number of ketones is 2. The van der Waals surface area contributed by atoms with Crippen LogP contribution in [0.4, 0.5) is 0 Å². The minimum absolute atomic E-state index is 0.174. The zero-order valence-electron chi connectivity index (χ0n) is 16.4. The minimum Gasteiger partial charge on any atom is -0.289 e. The Labute approximate surface area is 170 Å². The minimum atomic E-state index is -0.239. The third-order valence-electron chi connectivity index (χ3n) is 5.24. The highest BCUT2D eigenvalue weighted by Crippen LogP contribution is 2.24. The van der Waals surface area contributed by atoms with Crippen molar-refractivity contribution in [1.82, 2.24) is 9.97 Å². The Balaban J connectivity index is 1.49. The highest BCUT2D eigenvalue weighted by molar-refractivity contribution is 6.23. The van der Waals surface area contributed by atoms with E-state index in [2.05, 4.69) is 53.3 Å². The van der Waals surface area contributed by atoms with Gasteiger partial charge in [0.25, 0.3) is 0 Å². The molecule has 0 N–H and O–H groups in total. The molecule has 1 aromatic heterocycles. The fourth-order valence-electron chi connectivity index (χ4n) is 3.57. The van der Waals surface area contributed by atoms with Crippen LogP contribution in [0.1, 0.15) is 51.7 Å². The Hall–Kier alpha value is -3.40. The summed E-state index contributed by atoms with van der Waals surface area (Å²) in [5.74, 6) is -0.413. The molecule has 1 aliphatic rings. The van der Waals surface area contributed by atoms with Gasteiger partial charge in [0.05, 0.1) is 5.56 Å². The fourth-order valence-corrected chi connectivity index (χ4v) is 3.57. The van der Waals surface area contributed by atoms with Gasteiger partial charge in [0.2, 0.25) is 5.78 Å². The molecule has 0 unspecified atom stereocenters. The zero-order valence-corrected chi connectivity index (χ0v) is 16.4. The van der Waals surface area contributed by atoms with Gasteiger partial charge in [-0.25, -0.2) is 9.97 Å². The smallest absolute Gasteiger partial charge is 0.205 e. The Morgan fingerprint density at radius 3 is 2.17 bits per heavy atom. The quantitative estimate of drug-likeness (QED) is 0.600. The van der Waals surface area contributed by atoms with Gasteiger partial charge in [0, 0.05) is 18.2 Å². The number of benzene rings is 2. The summed E-state index contributed by atoms with van der Waals surface area (Å²) in [5.41, 5.74) is 5.61. The topological polar surface area (TPSA) is 59.9 Å². The van der Waals surface area contributed by atoms with E-state index in [0.29, 0.717) is 12.0 Å². The van der Waals surface area contributed by atoms with Crippen LogP contribution in [0, 0.1) is 0 Å². The van der Waals surface area contributed by atoms with E-state index in [1.165, 1.54) is 42.6 Å². The zero-order chi connectivity index (χ0) is 20.2. The largest absolute Gasteiger partial charge is 0.289 e. The van der Waals surface area contributed by atoms with Crippen LogP contribution < -0.4 is 0 Å². The lowest BCUT2D eigenvalue weighted by atomic mass is 9.90. The van der Waals surface area contributed by atoms with Gasteiger partial charge in [-0.1, -0.05) is 61.9 Å². The van der Waals surface area contributed by atoms with Gasteiger partial charge in [0.15, 0.2) is 5.78 Å². The lowest BCUT2D eigenvalue weighted by Gasteiger charge is -2.14. The second kappa shape index (κ2) is 8.31. The normalized spacial score (nSPS) is 13.2. The summed E-state index contributed by atoms with van der Waals surface area (Å²) in [5, 5.41) is 0. The number of Topliss-reactive ketones (excluding diaryl/α,β-unsaturated/α-hetero) is 1. The van der Waals surface area contributed by atoms with Crippen LogP contribution in [0.15, 0.2) is 72.7 Å². The molecule has 4 rings (SSSR count). The maximum absolute atomic E-state index is 12.7. The molecule has 0 radical (unpaired) electrons. The number of hydrogen-bond donors (Lipinski definition) is 0. The van der Waals surface area contributed by atoms with Crippen molar-refractivity contribution in [3.63, 3.8) is 0 Å². The highest BCUT2D eigenvalue weighted by atomic mass is 16.1. The Morgan fingerprint density at radius 1 is 0.862 bits per heavy atom. The molecule has 0 atom stereocenters. The third-order valence-corrected chi connectivity index (χ3v) is 5.24. The Morgan fingerprint density at radius 2 is 1.52 bits per heavy atom. The van der Waals surface area contributed by atoms with E-state index in [1.807, 2.05) is 12.1 Å². The highest BCUT2D eigenvalue weighted by Gasteiger charge is 2.26. The molecule has 29 heavy (non-hydrogen) atoms. The molecular weight excluding hydrogens is 360 g/mol. The number of aromatic nitrogens is 2. The molecule has 0 spiro atoms. The summed E-state index contributed by atoms with van der Waals surface area (Å²) in [6, 6.07) is 16.8. The molecule has 2 aromatic carbocycles. The number of allylic oxidation sites excluding steroid dienone is 2. The summed E-state index contributed by atoms with van der Waals surface area (Å²) >= 11 is 0. The first-order chi connectivity index (χ1) is 14.2. The predicted molar refractivity (Wildman–Crippen MR) is 113 cm³/mol. The van der Waals surface area contributed by atoms with Crippen LogP contribution in [0.2, 0.25) is 0 Å². The van der Waals surface area contributed by atoms with Gasteiger partial charge in [-0.15, -0.1) is 0 Å². The average molecular weight is 382 g/mol. The average Bonchev–Trinajstić information content (AvgIpc) is 2.77. The Kier molecular flexibility index (Phi) is 5.43. The second-order valence-electron chi connectivity index (χ2n) is 7.32. The molecule has 144 valence electrons. The molecule has 1 aliphatic carbocycles. The lowest BCUT2D eigenvalue weighted by Crippen LogP contribution is -2.20. The number of nitrogens with zero attached hydrogens (tertiary/aromatic N) is 2. The van der Waals surface area contributed by atoms with Gasteiger partial charge in [-0.2, -0.15) is 0 Å². The van der Waals surface area contributed by atoms with E-state index in [1.54, 1.807) is 0 Å². The molecule has 0 bridgehead atoms. The van der Waals surface area contributed by atoms with Crippen LogP contribution >= 0.6 is 0 Å². The maximum Gasteiger partial charge on any atom is 0.205 e. The van der Waals surface area contributed by atoms with Crippen molar-refractivity contribution in [3.8, 4) is 11.1 Å². The molecule has 0 saturated heterocycles. The summed E-state index contributed by atoms with van der Waals surface area (Å²) in [4.78, 5) is 32.7. The number of aryl methyl sites for hydroxylation is 1. The third kappa shape index (κ3) is 4.06. The first kappa shape index (κ1) is 18.9. The molecule has 0 saturated carbocycles. The van der Waals surface area contributed by atoms with Crippen molar-refractivity contribution < 1.29 is 9.59 Å². The SMILES string of the molecule is CCCCc1ccc(-c2ccc(CC3=CC(=O)c4ncncc4C3=O)cc2)cc1. The van der Waals surface area contributed by atoms with E-state index in [4.69, 9.17) is 0 Å². The van der Waals surface area contributed by atoms with Crippen molar-refractivity contribution in [2.45, 2.75) is 32.6 Å². The van der Waals surface area contributed by atoms with Crippen LogP contribution in [0.25, 0.3) is 11.1 Å². The van der Waals surface area contributed by atoms with E-state index in [9.17, 15) is 9.59 Å². The molecule has 4 heteroatoms. The molecule has 1 heterocycles. The predicted octanol–water partition coefficient (Wildman–Crippen LogP) is 5.03. The van der Waals surface area contributed by atoms with Crippen molar-refractivity contribution in [3.05, 3.63) is 95.1 Å². The Bertz CT molecular complexity index is 1080. The summed E-state index contributed by atoms with van der Waals surface area (Å²) in [6.07, 6.45) is 8.05. The van der Waals surface area contributed by atoms with Crippen LogP contribution in [-0.2, 0) is 12.8 Å². The van der Waals surface area contributed by atoms with Crippen LogP contribution in [0.5, 0.6) is 0 Å². The van der Waals surface area contributed by atoms with Gasteiger partial charge in [0.1, 0.15) is 12.0 Å². The van der Waals surface area contributed by atoms with E-state index < -0.39 is 0 Å². The number of carbonyl (C=O) groups is 2. The summed E-state index contributed by atoms with van der Waals surface area (Å²) in [6.45, 7) is 2.20. The first-order valence-corrected chi connectivity index (χ1v) is 9.93. The number of unbranched alkanes of at least 4 members (excludes halogenated alkanes) is 1. The van der Waals surface area contributed by atoms with Crippen molar-refractivity contribution >= 4 is 11.6 Å². The van der Waals surface area contributed by atoms with Crippen LogP contribution in [-0.4, -0.2) is 21.5 Å². The van der Waals surface area contributed by atoms with E-state index >= 15 is 0 Å². The molecular formula is C25H22N2O2. The van der Waals surface area contributed by atoms with Crippen molar-refractivity contribution in [2.75, 3.05) is 0 Å². The van der Waals surface area contributed by atoms with E-state index in [0.717, 1.165) is 17.5 Å². The van der Waals surface area contributed by atoms with Crippen molar-refractivity contribution in [2.24, 2.45) is 0 Å². The standard InChI is InChI=1S/C25H22N2O2/c1-2-3-4-17-5-9-19(10-6-17)20-11-7-18(8-12-20)13-21-14-23(28)24-22(25(21)29)15-26-16-27-24/h5-12,14-16H,2-4,13H2,1H3. The van der Waals surface area contributed by atoms with Gasteiger partial charge in [-0.05, 0) is 41.2 Å². The van der Waals surface area contributed by atoms with Gasteiger partial charge in [-0.3, -0.25) is 9.59 Å². The summed E-state index contributed by atoms with van der Waals surface area (Å²) < 4.78 is 0. The van der Waals surface area contributed by atoms with Gasteiger partial charge < -0.3 is 0 Å². The van der Waals surface area contributed by atoms with Gasteiger partial charge >= 0.3 is 0 Å². The van der Waals surface area contributed by atoms with Crippen molar-refractivity contribution in [1.29, 1.82) is 0 Å². The first-order valence-electron chi connectivity index (χ1n) is 9.93. The maximum atomic E-state index is 12.7. The van der Waals surface area contributed by atoms with Crippen LogP contribution in [0.3, 0.4) is 0 Å². The number of fused-ring (bicyclic) bond motifs is 1. The molecule has 0 aliphatic heterocycles. The number of hydrogen-bond acceptors (Lipinski definition) is 4. The molecule has 0 fully saturated rings. The monoisotopic (exact) mass is 382 g/mol. The lowest BCUT2D eigenvalue weighted by molar-refractivity contribution is 0.0978.